The third kappa shape index (κ3) is 4.46. The number of nitrogens with one attached hydrogen (secondary N) is 1. The Morgan fingerprint density at radius 1 is 1.31 bits per heavy atom. The highest BCUT2D eigenvalue weighted by molar-refractivity contribution is 7.17. The van der Waals surface area contributed by atoms with Crippen molar-refractivity contribution >= 4 is 23.2 Å². The van der Waals surface area contributed by atoms with Gasteiger partial charge in [0, 0.05) is 12.2 Å². The summed E-state index contributed by atoms with van der Waals surface area (Å²) in [6, 6.07) is 5.71. The lowest BCUT2D eigenvalue weighted by atomic mass is 9.86. The van der Waals surface area contributed by atoms with Crippen LogP contribution in [-0.2, 0) is 9.53 Å². The Labute approximate surface area is 157 Å². The minimum Gasteiger partial charge on any atom is -0.451 e. The first-order valence-corrected chi connectivity index (χ1v) is 9.71. The van der Waals surface area contributed by atoms with Crippen LogP contribution in [-0.4, -0.2) is 34.5 Å². The summed E-state index contributed by atoms with van der Waals surface area (Å²) in [5.41, 5.74) is 1.30. The molecule has 0 unspecified atom stereocenters. The fourth-order valence-corrected chi connectivity index (χ4v) is 4.10. The highest BCUT2D eigenvalue weighted by Crippen LogP contribution is 2.27. The molecule has 2 heterocycles. The molecule has 6 nitrogen and oxygen atoms in total. The van der Waals surface area contributed by atoms with E-state index in [1.165, 1.54) is 17.8 Å². The molecule has 1 fully saturated rings. The van der Waals surface area contributed by atoms with Crippen molar-refractivity contribution in [2.45, 2.75) is 45.6 Å². The van der Waals surface area contributed by atoms with E-state index < -0.39 is 5.97 Å². The number of nitrogens with zero attached hydrogens (tertiary/aromatic N) is 2. The van der Waals surface area contributed by atoms with Gasteiger partial charge in [0.05, 0.1) is 11.4 Å². The monoisotopic (exact) mass is 373 g/mol. The molecule has 1 aliphatic rings. The molecule has 0 bridgehead atoms. The number of hydrogen-bond acceptors (Lipinski definition) is 6. The predicted octanol–water partition coefficient (Wildman–Crippen LogP) is 3.37. The molecular formula is C19H23N3O3S. The van der Waals surface area contributed by atoms with Crippen LogP contribution in [0.25, 0.3) is 10.7 Å². The average Bonchev–Trinajstić information content (AvgIpc) is 3.04. The summed E-state index contributed by atoms with van der Waals surface area (Å²) >= 11 is 1.23. The maximum absolute atomic E-state index is 12.3. The van der Waals surface area contributed by atoms with Crippen molar-refractivity contribution in [2.75, 3.05) is 6.61 Å². The number of pyridine rings is 1. The number of esters is 1. The SMILES string of the molecule is Cc1nc(-c2ccccn2)sc1C(=O)OCC(=O)N[C@@H]1CCCC[C@@H]1C. The van der Waals surface area contributed by atoms with Crippen molar-refractivity contribution in [1.29, 1.82) is 0 Å². The van der Waals surface area contributed by atoms with Gasteiger partial charge >= 0.3 is 5.97 Å². The van der Waals surface area contributed by atoms with Crippen LogP contribution in [0.3, 0.4) is 0 Å². The van der Waals surface area contributed by atoms with Crippen LogP contribution in [0.4, 0.5) is 0 Å². The van der Waals surface area contributed by atoms with Crippen LogP contribution >= 0.6 is 11.3 Å². The Balaban J connectivity index is 1.56. The molecule has 7 heteroatoms. The number of aryl methyl sites for hydroxylation is 1. The fourth-order valence-electron chi connectivity index (χ4n) is 3.16. The standard InChI is InChI=1S/C19H23N3O3S/c1-12-7-3-4-8-14(12)22-16(23)11-25-19(24)17-13(2)21-18(26-17)15-9-5-6-10-20-15/h5-6,9-10,12,14H,3-4,7-8,11H2,1-2H3,(H,22,23)/t12-,14+/m0/s1. The van der Waals surface area contributed by atoms with E-state index in [-0.39, 0.29) is 18.6 Å². The van der Waals surface area contributed by atoms with E-state index in [0.717, 1.165) is 19.3 Å². The second kappa shape index (κ2) is 8.40. The van der Waals surface area contributed by atoms with E-state index in [0.29, 0.717) is 27.2 Å². The zero-order valence-electron chi connectivity index (χ0n) is 15.0. The van der Waals surface area contributed by atoms with E-state index in [1.807, 2.05) is 18.2 Å². The minimum atomic E-state index is -0.519. The summed E-state index contributed by atoms with van der Waals surface area (Å²) < 4.78 is 5.20. The molecule has 0 spiro atoms. The molecule has 0 radical (unpaired) electrons. The van der Waals surface area contributed by atoms with Gasteiger partial charge in [0.1, 0.15) is 9.88 Å². The summed E-state index contributed by atoms with van der Waals surface area (Å²) in [6.45, 7) is 3.64. The molecule has 1 aliphatic carbocycles. The van der Waals surface area contributed by atoms with Crippen LogP contribution in [0.15, 0.2) is 24.4 Å². The van der Waals surface area contributed by atoms with Gasteiger partial charge in [0.15, 0.2) is 6.61 Å². The third-order valence-corrected chi connectivity index (χ3v) is 5.82. The number of amides is 1. The van der Waals surface area contributed by atoms with Gasteiger partial charge in [-0.3, -0.25) is 9.78 Å². The number of hydrogen-bond donors (Lipinski definition) is 1. The summed E-state index contributed by atoms with van der Waals surface area (Å²) in [4.78, 5) is 33.4. The van der Waals surface area contributed by atoms with Crippen molar-refractivity contribution in [2.24, 2.45) is 5.92 Å². The van der Waals surface area contributed by atoms with Crippen molar-refractivity contribution in [3.63, 3.8) is 0 Å². The lowest BCUT2D eigenvalue weighted by Gasteiger charge is -2.29. The summed E-state index contributed by atoms with van der Waals surface area (Å²) in [5, 5.41) is 3.65. The van der Waals surface area contributed by atoms with Gasteiger partial charge in [-0.05, 0) is 37.8 Å². The van der Waals surface area contributed by atoms with Gasteiger partial charge in [-0.2, -0.15) is 0 Å². The molecular weight excluding hydrogens is 350 g/mol. The maximum Gasteiger partial charge on any atom is 0.350 e. The van der Waals surface area contributed by atoms with Crippen LogP contribution in [0.5, 0.6) is 0 Å². The molecule has 1 saturated carbocycles. The Morgan fingerprint density at radius 2 is 2.12 bits per heavy atom. The van der Waals surface area contributed by atoms with E-state index in [9.17, 15) is 9.59 Å². The molecule has 3 rings (SSSR count). The van der Waals surface area contributed by atoms with Crippen molar-refractivity contribution < 1.29 is 14.3 Å². The van der Waals surface area contributed by atoms with Crippen LogP contribution in [0, 0.1) is 12.8 Å². The Hall–Kier alpha value is -2.28. The molecule has 0 saturated heterocycles. The zero-order valence-corrected chi connectivity index (χ0v) is 15.8. The molecule has 0 aliphatic heterocycles. The average molecular weight is 373 g/mol. The van der Waals surface area contributed by atoms with Gasteiger partial charge < -0.3 is 10.1 Å². The van der Waals surface area contributed by atoms with Crippen molar-refractivity contribution in [3.8, 4) is 10.7 Å². The minimum absolute atomic E-state index is 0.177. The first kappa shape index (κ1) is 18.5. The number of carbonyl (C=O) groups is 2. The topological polar surface area (TPSA) is 81.2 Å². The molecule has 26 heavy (non-hydrogen) atoms. The molecule has 138 valence electrons. The third-order valence-electron chi connectivity index (χ3n) is 4.66. The quantitative estimate of drug-likeness (QED) is 0.813. The maximum atomic E-state index is 12.3. The molecule has 2 atom stereocenters. The summed E-state index contributed by atoms with van der Waals surface area (Å²) in [5.74, 6) is -0.300. The second-order valence-corrected chi connectivity index (χ2v) is 7.66. The van der Waals surface area contributed by atoms with Crippen molar-refractivity contribution in [1.82, 2.24) is 15.3 Å². The molecule has 1 amide bonds. The van der Waals surface area contributed by atoms with Crippen molar-refractivity contribution in [3.05, 3.63) is 35.0 Å². The smallest absolute Gasteiger partial charge is 0.350 e. The van der Waals surface area contributed by atoms with Gasteiger partial charge in [-0.25, -0.2) is 9.78 Å². The molecule has 2 aromatic heterocycles. The Kier molecular flexibility index (Phi) is 5.98. The number of rotatable bonds is 5. The highest BCUT2D eigenvalue weighted by Gasteiger charge is 2.24. The summed E-state index contributed by atoms with van der Waals surface area (Å²) in [7, 11) is 0. The first-order chi connectivity index (χ1) is 12.5. The van der Waals surface area contributed by atoms with Crippen LogP contribution < -0.4 is 5.32 Å². The van der Waals surface area contributed by atoms with E-state index in [2.05, 4.69) is 22.2 Å². The van der Waals surface area contributed by atoms with E-state index in [1.54, 1.807) is 13.1 Å². The lowest BCUT2D eigenvalue weighted by molar-refractivity contribution is -0.125. The molecule has 1 N–H and O–H groups in total. The van der Waals surface area contributed by atoms with Crippen LogP contribution in [0.2, 0.25) is 0 Å². The number of carbonyl (C=O) groups excluding carboxylic acids is 2. The van der Waals surface area contributed by atoms with Gasteiger partial charge in [-0.1, -0.05) is 25.8 Å². The van der Waals surface area contributed by atoms with Gasteiger partial charge in [0.25, 0.3) is 5.91 Å². The van der Waals surface area contributed by atoms with E-state index >= 15 is 0 Å². The predicted molar refractivity (Wildman–Crippen MR) is 99.9 cm³/mol. The number of aromatic nitrogens is 2. The van der Waals surface area contributed by atoms with Crippen LogP contribution in [0.1, 0.15) is 48.0 Å². The fraction of sp³-hybridized carbons (Fsp3) is 0.474. The number of thiazole rings is 1. The normalized spacial score (nSPS) is 19.8. The lowest BCUT2D eigenvalue weighted by Crippen LogP contribution is -2.42. The largest absolute Gasteiger partial charge is 0.451 e. The highest BCUT2D eigenvalue weighted by atomic mass is 32.1. The van der Waals surface area contributed by atoms with E-state index in [4.69, 9.17) is 4.74 Å². The van der Waals surface area contributed by atoms with Gasteiger partial charge in [-0.15, -0.1) is 11.3 Å². The molecule has 0 aromatic carbocycles. The Morgan fingerprint density at radius 3 is 2.85 bits per heavy atom. The summed E-state index contributed by atoms with van der Waals surface area (Å²) in [6.07, 6.45) is 6.14. The van der Waals surface area contributed by atoms with Gasteiger partial charge in [0.2, 0.25) is 0 Å². The second-order valence-electron chi connectivity index (χ2n) is 6.66. The first-order valence-electron chi connectivity index (χ1n) is 8.90. The molecule has 2 aromatic rings. The number of ether oxygens (including phenoxy) is 1. The Bertz CT molecular complexity index is 776. The zero-order chi connectivity index (χ0) is 18.5.